The van der Waals surface area contributed by atoms with Gasteiger partial charge in [0.2, 0.25) is 5.91 Å². The first kappa shape index (κ1) is 13.6. The molecule has 1 aromatic rings. The number of hydrogen-bond donors (Lipinski definition) is 2. The van der Waals surface area contributed by atoms with Crippen LogP contribution >= 0.6 is 11.8 Å². The normalized spacial score (nSPS) is 10.1. The van der Waals surface area contributed by atoms with Gasteiger partial charge in [-0.2, -0.15) is 0 Å². The van der Waals surface area contributed by atoms with Crippen molar-refractivity contribution in [1.29, 1.82) is 0 Å². The Bertz CT molecular complexity index is 350. The number of nitrogens with one attached hydrogen (secondary N) is 1. The Kier molecular flexibility index (Phi) is 6.24. The molecule has 0 bridgehead atoms. The van der Waals surface area contributed by atoms with Crippen LogP contribution < -0.4 is 5.32 Å². The molecule has 0 radical (unpaired) electrons. The zero-order valence-corrected chi connectivity index (χ0v) is 10.2. The SMILES string of the molecule is O=C(O)CSCCNC(=O)CCc1ccco1. The molecule has 0 unspecified atom stereocenters. The molecule has 0 saturated heterocycles. The Balaban J connectivity index is 2.00. The van der Waals surface area contributed by atoms with E-state index in [0.717, 1.165) is 5.76 Å². The first-order chi connectivity index (χ1) is 8.18. The summed E-state index contributed by atoms with van der Waals surface area (Å²) in [6.45, 7) is 0.495. The molecular formula is C11H15NO4S. The molecule has 0 aliphatic heterocycles. The summed E-state index contributed by atoms with van der Waals surface area (Å²) >= 11 is 1.29. The Hall–Kier alpha value is -1.43. The topological polar surface area (TPSA) is 79.5 Å². The lowest BCUT2D eigenvalue weighted by molar-refractivity contribution is -0.133. The van der Waals surface area contributed by atoms with Gasteiger partial charge < -0.3 is 14.8 Å². The highest BCUT2D eigenvalue weighted by atomic mass is 32.2. The van der Waals surface area contributed by atoms with E-state index in [-0.39, 0.29) is 11.7 Å². The summed E-state index contributed by atoms with van der Waals surface area (Å²) in [7, 11) is 0. The second kappa shape index (κ2) is 7.78. The number of carbonyl (C=O) groups is 2. The van der Waals surface area contributed by atoms with Crippen LogP contribution in [0, 0.1) is 0 Å². The minimum Gasteiger partial charge on any atom is -0.481 e. The van der Waals surface area contributed by atoms with E-state index in [1.807, 2.05) is 6.07 Å². The zero-order valence-electron chi connectivity index (χ0n) is 9.35. The molecule has 5 nitrogen and oxygen atoms in total. The second-order valence-corrected chi connectivity index (χ2v) is 4.48. The van der Waals surface area contributed by atoms with Crippen LogP contribution in [-0.4, -0.2) is 35.0 Å². The average molecular weight is 257 g/mol. The minimum atomic E-state index is -0.834. The molecule has 6 heteroatoms. The highest BCUT2D eigenvalue weighted by molar-refractivity contribution is 7.99. The van der Waals surface area contributed by atoms with Gasteiger partial charge in [0.1, 0.15) is 5.76 Å². The Morgan fingerprint density at radius 2 is 2.29 bits per heavy atom. The molecule has 0 saturated carbocycles. The Morgan fingerprint density at radius 3 is 2.94 bits per heavy atom. The summed E-state index contributed by atoms with van der Waals surface area (Å²) in [5.41, 5.74) is 0. The molecule has 2 N–H and O–H groups in total. The third-order valence-corrected chi connectivity index (χ3v) is 2.92. The fraction of sp³-hybridized carbons (Fsp3) is 0.455. The maximum absolute atomic E-state index is 11.4. The number of carbonyl (C=O) groups excluding carboxylic acids is 1. The molecular weight excluding hydrogens is 242 g/mol. The van der Waals surface area contributed by atoms with E-state index < -0.39 is 5.97 Å². The van der Waals surface area contributed by atoms with E-state index in [2.05, 4.69) is 5.32 Å². The van der Waals surface area contributed by atoms with Gasteiger partial charge in [-0.1, -0.05) is 0 Å². The lowest BCUT2D eigenvalue weighted by atomic mass is 10.2. The number of aryl methyl sites for hydroxylation is 1. The number of carboxylic acids is 1. The van der Waals surface area contributed by atoms with Gasteiger partial charge in [0, 0.05) is 25.1 Å². The van der Waals surface area contributed by atoms with Crippen molar-refractivity contribution in [3.05, 3.63) is 24.2 Å². The van der Waals surface area contributed by atoms with Crippen molar-refractivity contribution in [2.24, 2.45) is 0 Å². The highest BCUT2D eigenvalue weighted by Gasteiger charge is 2.03. The summed E-state index contributed by atoms with van der Waals surface area (Å²) < 4.78 is 5.10. The van der Waals surface area contributed by atoms with Gasteiger partial charge in [0.25, 0.3) is 0 Å². The van der Waals surface area contributed by atoms with E-state index in [0.29, 0.717) is 25.1 Å². The predicted molar refractivity (Wildman–Crippen MR) is 65.0 cm³/mol. The number of hydrogen-bond acceptors (Lipinski definition) is 4. The third kappa shape index (κ3) is 6.68. The molecule has 0 atom stereocenters. The van der Waals surface area contributed by atoms with E-state index in [9.17, 15) is 9.59 Å². The number of thioether (sulfide) groups is 1. The van der Waals surface area contributed by atoms with E-state index in [1.165, 1.54) is 11.8 Å². The summed E-state index contributed by atoms with van der Waals surface area (Å²) in [6, 6.07) is 3.62. The largest absolute Gasteiger partial charge is 0.481 e. The molecule has 0 spiro atoms. The number of amides is 1. The van der Waals surface area contributed by atoms with Gasteiger partial charge >= 0.3 is 5.97 Å². The van der Waals surface area contributed by atoms with Crippen molar-refractivity contribution in [3.63, 3.8) is 0 Å². The maximum atomic E-state index is 11.4. The molecule has 94 valence electrons. The van der Waals surface area contributed by atoms with E-state index in [4.69, 9.17) is 9.52 Å². The van der Waals surface area contributed by atoms with Gasteiger partial charge in [0.15, 0.2) is 0 Å². The zero-order chi connectivity index (χ0) is 12.5. The van der Waals surface area contributed by atoms with Crippen molar-refractivity contribution >= 4 is 23.6 Å². The third-order valence-electron chi connectivity index (χ3n) is 1.97. The molecule has 1 aromatic heterocycles. The molecule has 0 aliphatic carbocycles. The predicted octanol–water partition coefficient (Wildman–Crippen LogP) is 1.15. The molecule has 0 aliphatic rings. The molecule has 1 heterocycles. The lowest BCUT2D eigenvalue weighted by Gasteiger charge is -2.03. The Morgan fingerprint density at radius 1 is 1.47 bits per heavy atom. The van der Waals surface area contributed by atoms with Crippen LogP contribution in [0.2, 0.25) is 0 Å². The monoisotopic (exact) mass is 257 g/mol. The molecule has 17 heavy (non-hydrogen) atoms. The van der Waals surface area contributed by atoms with E-state index >= 15 is 0 Å². The first-order valence-electron chi connectivity index (χ1n) is 5.27. The van der Waals surface area contributed by atoms with Gasteiger partial charge in [-0.3, -0.25) is 9.59 Å². The highest BCUT2D eigenvalue weighted by Crippen LogP contribution is 2.03. The molecule has 0 aromatic carbocycles. The first-order valence-corrected chi connectivity index (χ1v) is 6.42. The minimum absolute atomic E-state index is 0.0441. The Labute approximate surface area is 104 Å². The van der Waals surface area contributed by atoms with Gasteiger partial charge in [0.05, 0.1) is 12.0 Å². The smallest absolute Gasteiger partial charge is 0.313 e. The molecule has 0 fully saturated rings. The van der Waals surface area contributed by atoms with Crippen LogP contribution in [0.3, 0.4) is 0 Å². The second-order valence-electron chi connectivity index (χ2n) is 3.38. The van der Waals surface area contributed by atoms with Crippen LogP contribution in [-0.2, 0) is 16.0 Å². The lowest BCUT2D eigenvalue weighted by Crippen LogP contribution is -2.26. The summed E-state index contributed by atoms with van der Waals surface area (Å²) in [6.07, 6.45) is 2.55. The van der Waals surface area contributed by atoms with Crippen molar-refractivity contribution in [3.8, 4) is 0 Å². The maximum Gasteiger partial charge on any atom is 0.313 e. The number of aliphatic carboxylic acids is 1. The van der Waals surface area contributed by atoms with Crippen LogP contribution in [0.4, 0.5) is 0 Å². The molecule has 1 rings (SSSR count). The van der Waals surface area contributed by atoms with Crippen LogP contribution in [0.25, 0.3) is 0 Å². The summed E-state index contributed by atoms with van der Waals surface area (Å²) in [5, 5.41) is 11.1. The summed E-state index contributed by atoms with van der Waals surface area (Å²) in [5.74, 6) is 0.595. The fourth-order valence-electron chi connectivity index (χ4n) is 1.20. The molecule has 1 amide bonds. The number of furan rings is 1. The van der Waals surface area contributed by atoms with Crippen molar-refractivity contribution in [2.45, 2.75) is 12.8 Å². The van der Waals surface area contributed by atoms with Gasteiger partial charge in [-0.25, -0.2) is 0 Å². The standard InChI is InChI=1S/C11H15NO4S/c13-10(4-3-9-2-1-6-16-9)12-5-7-17-8-11(14)15/h1-2,6H,3-5,7-8H2,(H,12,13)(H,14,15). The van der Waals surface area contributed by atoms with Crippen LogP contribution in [0.5, 0.6) is 0 Å². The number of carboxylic acid groups (broad SMARTS) is 1. The van der Waals surface area contributed by atoms with Crippen LogP contribution in [0.1, 0.15) is 12.2 Å². The summed E-state index contributed by atoms with van der Waals surface area (Å²) in [4.78, 5) is 21.6. The van der Waals surface area contributed by atoms with Crippen molar-refractivity contribution < 1.29 is 19.1 Å². The quantitative estimate of drug-likeness (QED) is 0.683. The van der Waals surface area contributed by atoms with Crippen molar-refractivity contribution in [1.82, 2.24) is 5.32 Å². The average Bonchev–Trinajstić information content (AvgIpc) is 2.78. The van der Waals surface area contributed by atoms with Gasteiger partial charge in [-0.05, 0) is 12.1 Å². The van der Waals surface area contributed by atoms with Crippen molar-refractivity contribution in [2.75, 3.05) is 18.1 Å². The number of rotatable bonds is 8. The fourth-order valence-corrected chi connectivity index (χ4v) is 1.77. The van der Waals surface area contributed by atoms with Gasteiger partial charge in [-0.15, -0.1) is 11.8 Å². The van der Waals surface area contributed by atoms with E-state index in [1.54, 1.807) is 12.3 Å². The van der Waals surface area contributed by atoms with Crippen LogP contribution in [0.15, 0.2) is 22.8 Å².